The van der Waals surface area contributed by atoms with Gasteiger partial charge in [0, 0.05) is 0 Å². The van der Waals surface area contributed by atoms with Crippen LogP contribution in [0.25, 0.3) is 0 Å². The zero-order valence-electron chi connectivity index (χ0n) is 13.2. The third-order valence-electron chi connectivity index (χ3n) is 2.82. The number of esters is 3. The van der Waals surface area contributed by atoms with Crippen LogP contribution in [0.4, 0.5) is 0 Å². The number of rotatable bonds is 7. The molecule has 0 amide bonds. The van der Waals surface area contributed by atoms with Gasteiger partial charge in [-0.15, -0.1) is 0 Å². The third kappa shape index (κ3) is 5.46. The largest absolute Gasteiger partial charge is 0.466 e. The van der Waals surface area contributed by atoms with E-state index in [4.69, 9.17) is 4.74 Å². The fourth-order valence-corrected chi connectivity index (χ4v) is 1.75. The Bertz CT molecular complexity index is 581. The zero-order chi connectivity index (χ0) is 17.2. The Morgan fingerprint density at radius 3 is 2.30 bits per heavy atom. The molecule has 0 bridgehead atoms. The Morgan fingerprint density at radius 2 is 1.78 bits per heavy atom. The van der Waals surface area contributed by atoms with Crippen LogP contribution in [0, 0.1) is 0 Å². The van der Waals surface area contributed by atoms with Crippen LogP contribution in [0.5, 0.6) is 0 Å². The van der Waals surface area contributed by atoms with Crippen LogP contribution in [0.1, 0.15) is 18.5 Å². The van der Waals surface area contributed by atoms with Crippen molar-refractivity contribution in [2.75, 3.05) is 20.8 Å². The average Bonchev–Trinajstić information content (AvgIpc) is 2.58. The molecule has 1 N–H and O–H groups in total. The van der Waals surface area contributed by atoms with Crippen LogP contribution in [-0.4, -0.2) is 38.7 Å². The Labute approximate surface area is 134 Å². The molecule has 0 heterocycles. The minimum absolute atomic E-state index is 0.179. The molecule has 7 heteroatoms. The summed E-state index contributed by atoms with van der Waals surface area (Å²) in [5.74, 6) is -2.15. The first kappa shape index (κ1) is 18.2. The Morgan fingerprint density at radius 1 is 1.13 bits per heavy atom. The van der Waals surface area contributed by atoms with Gasteiger partial charge in [0.15, 0.2) is 6.04 Å². The van der Waals surface area contributed by atoms with Crippen LogP contribution in [0.3, 0.4) is 0 Å². The Balaban J connectivity index is 3.15. The highest BCUT2D eigenvalue weighted by molar-refractivity contribution is 5.96. The molecular weight excluding hydrogens is 302 g/mol. The monoisotopic (exact) mass is 321 g/mol. The topological polar surface area (TPSA) is 90.9 Å². The number of hydrogen-bond donors (Lipinski definition) is 1. The lowest BCUT2D eigenvalue weighted by molar-refractivity contribution is -0.146. The molecule has 1 rings (SSSR count). The minimum atomic E-state index is -0.967. The van der Waals surface area contributed by atoms with Gasteiger partial charge in [-0.05, 0) is 12.5 Å². The van der Waals surface area contributed by atoms with E-state index in [0.29, 0.717) is 5.56 Å². The number of ether oxygens (including phenoxy) is 3. The number of hydrogen-bond acceptors (Lipinski definition) is 7. The second-order valence-corrected chi connectivity index (χ2v) is 4.31. The smallest absolute Gasteiger partial charge is 0.354 e. The highest BCUT2D eigenvalue weighted by Gasteiger charge is 2.25. The number of nitrogens with one attached hydrogen (secondary N) is 1. The van der Waals surface area contributed by atoms with E-state index in [2.05, 4.69) is 14.8 Å². The fraction of sp³-hybridized carbons (Fsp3) is 0.312. The Hall–Kier alpha value is -2.83. The second-order valence-electron chi connectivity index (χ2n) is 4.31. The van der Waals surface area contributed by atoms with Gasteiger partial charge in [0.05, 0.1) is 26.9 Å². The number of benzene rings is 1. The lowest BCUT2D eigenvalue weighted by Gasteiger charge is -2.19. The van der Waals surface area contributed by atoms with Gasteiger partial charge >= 0.3 is 17.9 Å². The van der Waals surface area contributed by atoms with Crippen molar-refractivity contribution in [1.82, 2.24) is 5.32 Å². The van der Waals surface area contributed by atoms with Crippen LogP contribution in [0.2, 0.25) is 0 Å². The first-order valence-corrected chi connectivity index (χ1v) is 6.89. The van der Waals surface area contributed by atoms with Gasteiger partial charge in [0.1, 0.15) is 5.70 Å². The lowest BCUT2D eigenvalue weighted by Crippen LogP contribution is -2.33. The van der Waals surface area contributed by atoms with Crippen molar-refractivity contribution in [3.05, 3.63) is 47.7 Å². The minimum Gasteiger partial charge on any atom is -0.466 e. The van der Waals surface area contributed by atoms with Crippen molar-refractivity contribution < 1.29 is 28.6 Å². The fourth-order valence-electron chi connectivity index (χ4n) is 1.75. The van der Waals surface area contributed by atoms with Gasteiger partial charge in [-0.1, -0.05) is 30.3 Å². The first-order valence-electron chi connectivity index (χ1n) is 6.89. The van der Waals surface area contributed by atoms with Crippen LogP contribution >= 0.6 is 0 Å². The lowest BCUT2D eigenvalue weighted by atomic mass is 10.1. The van der Waals surface area contributed by atoms with Crippen molar-refractivity contribution in [3.63, 3.8) is 0 Å². The summed E-state index contributed by atoms with van der Waals surface area (Å²) >= 11 is 0. The highest BCUT2D eigenvalue weighted by atomic mass is 16.5. The predicted octanol–water partition coefficient (Wildman–Crippen LogP) is 1.11. The molecule has 0 saturated carbocycles. The predicted molar refractivity (Wildman–Crippen MR) is 81.1 cm³/mol. The standard InChI is InChI=1S/C16H19NO6/c1-4-23-16(20)14(11-8-6-5-7-9-11)17-12(15(19)22-3)10-13(18)21-2/h5-10,14,17H,4H2,1-3H3/b12-10+. The molecule has 0 aliphatic heterocycles. The van der Waals surface area contributed by atoms with Crippen molar-refractivity contribution in [1.29, 1.82) is 0 Å². The summed E-state index contributed by atoms with van der Waals surface area (Å²) in [7, 11) is 2.34. The molecule has 124 valence electrons. The van der Waals surface area contributed by atoms with Crippen LogP contribution < -0.4 is 5.32 Å². The molecule has 0 aliphatic rings. The summed E-state index contributed by atoms with van der Waals surface area (Å²) in [4.78, 5) is 35.4. The molecule has 1 unspecified atom stereocenters. The van der Waals surface area contributed by atoms with Gasteiger partial charge < -0.3 is 19.5 Å². The molecule has 0 aliphatic carbocycles. The van der Waals surface area contributed by atoms with Gasteiger partial charge in [-0.25, -0.2) is 14.4 Å². The maximum atomic E-state index is 12.2. The first-order chi connectivity index (χ1) is 11.0. The summed E-state index contributed by atoms with van der Waals surface area (Å²) in [5.41, 5.74) is 0.367. The zero-order valence-corrected chi connectivity index (χ0v) is 13.2. The van der Waals surface area contributed by atoms with E-state index in [9.17, 15) is 14.4 Å². The molecule has 0 saturated heterocycles. The number of methoxy groups -OCH3 is 2. The van der Waals surface area contributed by atoms with Gasteiger partial charge in [-0.2, -0.15) is 0 Å². The molecule has 0 aromatic heterocycles. The molecule has 1 aromatic carbocycles. The van der Waals surface area contributed by atoms with Crippen molar-refractivity contribution in [2.24, 2.45) is 0 Å². The van der Waals surface area contributed by atoms with Crippen molar-refractivity contribution in [3.8, 4) is 0 Å². The normalized spacial score (nSPS) is 12.0. The molecule has 0 radical (unpaired) electrons. The highest BCUT2D eigenvalue weighted by Crippen LogP contribution is 2.16. The molecule has 1 aromatic rings. The summed E-state index contributed by atoms with van der Waals surface area (Å²) in [6, 6.07) is 7.70. The van der Waals surface area contributed by atoms with E-state index in [1.165, 1.54) is 7.11 Å². The summed E-state index contributed by atoms with van der Waals surface area (Å²) in [6.07, 6.45) is 0.918. The number of carbonyl (C=O) groups is 3. The van der Waals surface area contributed by atoms with Crippen LogP contribution in [0.15, 0.2) is 42.1 Å². The van der Waals surface area contributed by atoms with E-state index in [-0.39, 0.29) is 12.3 Å². The van der Waals surface area contributed by atoms with E-state index in [0.717, 1.165) is 13.2 Å². The summed E-state index contributed by atoms with van der Waals surface area (Å²) in [5, 5.41) is 2.68. The molecule has 0 fully saturated rings. The van der Waals surface area contributed by atoms with Gasteiger partial charge in [0.25, 0.3) is 0 Å². The summed E-state index contributed by atoms with van der Waals surface area (Å²) < 4.78 is 14.1. The van der Waals surface area contributed by atoms with Crippen molar-refractivity contribution in [2.45, 2.75) is 13.0 Å². The van der Waals surface area contributed by atoms with Gasteiger partial charge in [0.2, 0.25) is 0 Å². The molecular formula is C16H19NO6. The molecule has 0 spiro atoms. The second kappa shape index (κ2) is 9.24. The van der Waals surface area contributed by atoms with Crippen molar-refractivity contribution >= 4 is 17.9 Å². The SMILES string of the molecule is CCOC(=O)C(N/C(=C/C(=O)OC)C(=O)OC)c1ccccc1. The molecule has 7 nitrogen and oxygen atoms in total. The van der Waals surface area contributed by atoms with E-state index in [1.54, 1.807) is 37.3 Å². The molecule has 23 heavy (non-hydrogen) atoms. The van der Waals surface area contributed by atoms with Crippen LogP contribution in [-0.2, 0) is 28.6 Å². The third-order valence-corrected chi connectivity index (χ3v) is 2.82. The maximum Gasteiger partial charge on any atom is 0.354 e. The van der Waals surface area contributed by atoms with Gasteiger partial charge in [-0.3, -0.25) is 0 Å². The van der Waals surface area contributed by atoms with E-state index >= 15 is 0 Å². The quantitative estimate of drug-likeness (QED) is 0.457. The Kier molecular flexibility index (Phi) is 7.32. The maximum absolute atomic E-state index is 12.2. The van der Waals surface area contributed by atoms with E-state index in [1.807, 2.05) is 0 Å². The molecule has 1 atom stereocenters. The number of carbonyl (C=O) groups excluding carboxylic acids is 3. The van der Waals surface area contributed by atoms with E-state index < -0.39 is 23.9 Å². The average molecular weight is 321 g/mol. The summed E-state index contributed by atoms with van der Waals surface area (Å²) in [6.45, 7) is 1.85.